The third kappa shape index (κ3) is 2.50. The van der Waals surface area contributed by atoms with Gasteiger partial charge in [-0.25, -0.2) is 9.67 Å². The number of nitrogens with two attached hydrogens (primary N) is 1. The normalized spacial score (nSPS) is 11.3. The minimum Gasteiger partial charge on any atom is -0.497 e. The summed E-state index contributed by atoms with van der Waals surface area (Å²) in [5, 5.41) is 9.59. The van der Waals surface area contributed by atoms with Gasteiger partial charge < -0.3 is 15.8 Å². The molecule has 0 atom stereocenters. The van der Waals surface area contributed by atoms with Gasteiger partial charge in [-0.3, -0.25) is 0 Å². The van der Waals surface area contributed by atoms with Gasteiger partial charge in [0.2, 0.25) is 0 Å². The summed E-state index contributed by atoms with van der Waals surface area (Å²) in [7, 11) is 1.65. The minimum atomic E-state index is 0.520. The van der Waals surface area contributed by atoms with Crippen LogP contribution in [0.5, 0.6) is 5.75 Å². The number of anilines is 1. The smallest absolute Gasteiger partial charge is 0.160 e. The monoisotopic (exact) mass is 285 g/mol. The highest BCUT2D eigenvalue weighted by atomic mass is 16.5. The number of pyridine rings is 1. The number of methoxy groups -OCH3 is 1. The van der Waals surface area contributed by atoms with Gasteiger partial charge in [0.15, 0.2) is 11.5 Å². The molecular weight excluding hydrogens is 266 g/mol. The summed E-state index contributed by atoms with van der Waals surface area (Å²) in [6, 6.07) is 7.85. The number of fused-ring (bicyclic) bond motifs is 2. The molecule has 0 unspecified atom stereocenters. The van der Waals surface area contributed by atoms with Gasteiger partial charge in [0.25, 0.3) is 0 Å². The molecule has 110 valence electrons. The van der Waals surface area contributed by atoms with Crippen LogP contribution in [0.2, 0.25) is 0 Å². The lowest BCUT2D eigenvalue weighted by atomic mass is 10.2. The van der Waals surface area contributed by atoms with Crippen LogP contribution in [0.3, 0.4) is 0 Å². The Hall–Kier alpha value is -2.34. The van der Waals surface area contributed by atoms with Gasteiger partial charge in [0.05, 0.1) is 24.6 Å². The fourth-order valence-electron chi connectivity index (χ4n) is 2.40. The van der Waals surface area contributed by atoms with Crippen LogP contribution < -0.4 is 15.8 Å². The molecule has 0 fully saturated rings. The van der Waals surface area contributed by atoms with E-state index in [-0.39, 0.29) is 0 Å². The third-order valence-corrected chi connectivity index (χ3v) is 3.50. The minimum absolute atomic E-state index is 0.520. The fourth-order valence-corrected chi connectivity index (χ4v) is 2.40. The van der Waals surface area contributed by atoms with Gasteiger partial charge in [-0.15, -0.1) is 0 Å². The average Bonchev–Trinajstić information content (AvgIpc) is 2.81. The largest absolute Gasteiger partial charge is 0.497 e. The number of hydrogen-bond acceptors (Lipinski definition) is 5. The first-order valence-corrected chi connectivity index (χ1v) is 7.04. The van der Waals surface area contributed by atoms with Crippen LogP contribution in [0.25, 0.3) is 21.9 Å². The molecule has 3 aromatic rings. The van der Waals surface area contributed by atoms with Crippen molar-refractivity contribution in [2.75, 3.05) is 25.9 Å². The van der Waals surface area contributed by atoms with Gasteiger partial charge in [0.1, 0.15) is 5.75 Å². The molecule has 3 N–H and O–H groups in total. The maximum Gasteiger partial charge on any atom is 0.160 e. The van der Waals surface area contributed by atoms with Gasteiger partial charge in [0, 0.05) is 18.0 Å². The molecule has 6 heteroatoms. The summed E-state index contributed by atoms with van der Waals surface area (Å²) in [4.78, 5) is 4.70. The van der Waals surface area contributed by atoms with Crippen LogP contribution >= 0.6 is 0 Å². The Morgan fingerprint density at radius 2 is 2.19 bits per heavy atom. The second kappa shape index (κ2) is 5.57. The van der Waals surface area contributed by atoms with E-state index >= 15 is 0 Å². The Kier molecular flexibility index (Phi) is 3.62. The SMILES string of the molecule is CCNCCn1nc(N)c2cc3ccc(OC)cc3nc21. The summed E-state index contributed by atoms with van der Waals surface area (Å²) in [6.45, 7) is 4.59. The van der Waals surface area contributed by atoms with E-state index in [9.17, 15) is 0 Å². The zero-order chi connectivity index (χ0) is 14.8. The van der Waals surface area contributed by atoms with Gasteiger partial charge in [-0.2, -0.15) is 5.10 Å². The Morgan fingerprint density at radius 1 is 1.33 bits per heavy atom. The van der Waals surface area contributed by atoms with Crippen LogP contribution in [0, 0.1) is 0 Å². The van der Waals surface area contributed by atoms with Crippen molar-refractivity contribution in [3.63, 3.8) is 0 Å². The Labute approximate surface area is 122 Å². The summed E-state index contributed by atoms with van der Waals surface area (Å²) in [6.07, 6.45) is 0. The zero-order valence-electron chi connectivity index (χ0n) is 12.3. The lowest BCUT2D eigenvalue weighted by molar-refractivity contribution is 0.415. The van der Waals surface area contributed by atoms with Crippen LogP contribution in [0.4, 0.5) is 5.82 Å². The second-order valence-corrected chi connectivity index (χ2v) is 4.88. The van der Waals surface area contributed by atoms with E-state index in [1.807, 2.05) is 28.9 Å². The molecule has 0 spiro atoms. The number of rotatable bonds is 5. The van der Waals surface area contributed by atoms with E-state index in [4.69, 9.17) is 15.5 Å². The van der Waals surface area contributed by atoms with Gasteiger partial charge in [-0.05, 0) is 24.7 Å². The third-order valence-electron chi connectivity index (χ3n) is 3.50. The number of nitrogens with one attached hydrogen (secondary N) is 1. The molecule has 0 saturated heterocycles. The van der Waals surface area contributed by atoms with E-state index in [1.165, 1.54) is 0 Å². The number of aromatic nitrogens is 3. The molecule has 21 heavy (non-hydrogen) atoms. The van der Waals surface area contributed by atoms with Crippen molar-refractivity contribution in [3.8, 4) is 5.75 Å². The lowest BCUT2D eigenvalue weighted by Crippen LogP contribution is -2.20. The first kappa shape index (κ1) is 13.6. The van der Waals surface area contributed by atoms with Crippen LogP contribution in [0.1, 0.15) is 6.92 Å². The molecule has 0 aliphatic carbocycles. The number of nitrogens with zero attached hydrogens (tertiary/aromatic N) is 3. The molecule has 0 bridgehead atoms. The molecule has 6 nitrogen and oxygen atoms in total. The number of hydrogen-bond donors (Lipinski definition) is 2. The molecule has 3 rings (SSSR count). The van der Waals surface area contributed by atoms with Crippen molar-refractivity contribution < 1.29 is 4.74 Å². The van der Waals surface area contributed by atoms with Crippen molar-refractivity contribution in [3.05, 3.63) is 24.3 Å². The number of ether oxygens (including phenoxy) is 1. The predicted octanol–water partition coefficient (Wildman–Crippen LogP) is 1.78. The van der Waals surface area contributed by atoms with E-state index in [0.717, 1.165) is 47.3 Å². The summed E-state index contributed by atoms with van der Waals surface area (Å²) >= 11 is 0. The standard InChI is InChI=1S/C15H19N5O/c1-3-17-6-7-20-15-12(14(16)19-20)8-10-4-5-11(21-2)9-13(10)18-15/h4-5,8-9,17H,3,6-7H2,1-2H3,(H2,16,19). The highest BCUT2D eigenvalue weighted by Crippen LogP contribution is 2.26. The number of nitrogen functional groups attached to an aromatic ring is 1. The molecule has 0 amide bonds. The summed E-state index contributed by atoms with van der Waals surface area (Å²) < 4.78 is 7.11. The van der Waals surface area contributed by atoms with Crippen LogP contribution in [-0.4, -0.2) is 35.0 Å². The lowest BCUT2D eigenvalue weighted by Gasteiger charge is -2.05. The molecule has 0 saturated carbocycles. The number of benzene rings is 1. The Morgan fingerprint density at radius 3 is 2.95 bits per heavy atom. The fraction of sp³-hybridized carbons (Fsp3) is 0.333. The highest BCUT2D eigenvalue weighted by molar-refractivity contribution is 5.96. The van der Waals surface area contributed by atoms with Gasteiger partial charge in [-0.1, -0.05) is 6.92 Å². The van der Waals surface area contributed by atoms with Crippen molar-refractivity contribution in [2.45, 2.75) is 13.5 Å². The van der Waals surface area contributed by atoms with E-state index in [1.54, 1.807) is 7.11 Å². The molecule has 2 heterocycles. The van der Waals surface area contributed by atoms with Gasteiger partial charge >= 0.3 is 0 Å². The van der Waals surface area contributed by atoms with Crippen molar-refractivity contribution in [1.29, 1.82) is 0 Å². The quantitative estimate of drug-likeness (QED) is 0.699. The molecule has 0 aliphatic heterocycles. The highest BCUT2D eigenvalue weighted by Gasteiger charge is 2.11. The van der Waals surface area contributed by atoms with Crippen molar-refractivity contribution in [1.82, 2.24) is 20.1 Å². The predicted molar refractivity (Wildman–Crippen MR) is 84.5 cm³/mol. The van der Waals surface area contributed by atoms with Crippen LogP contribution in [0.15, 0.2) is 24.3 Å². The Balaban J connectivity index is 2.10. The second-order valence-electron chi connectivity index (χ2n) is 4.88. The first-order chi connectivity index (χ1) is 10.2. The summed E-state index contributed by atoms with van der Waals surface area (Å²) in [5.41, 5.74) is 7.70. The Bertz CT molecular complexity index is 780. The van der Waals surface area contributed by atoms with Crippen LogP contribution in [-0.2, 0) is 6.54 Å². The first-order valence-electron chi connectivity index (χ1n) is 7.04. The summed E-state index contributed by atoms with van der Waals surface area (Å²) in [5.74, 6) is 1.31. The van der Waals surface area contributed by atoms with E-state index in [0.29, 0.717) is 5.82 Å². The van der Waals surface area contributed by atoms with Crippen molar-refractivity contribution in [2.24, 2.45) is 0 Å². The van der Waals surface area contributed by atoms with Crippen molar-refractivity contribution >= 4 is 27.8 Å². The molecule has 0 radical (unpaired) electrons. The average molecular weight is 285 g/mol. The topological polar surface area (TPSA) is 78.0 Å². The molecule has 1 aromatic carbocycles. The molecular formula is C15H19N5O. The molecule has 2 aromatic heterocycles. The molecule has 0 aliphatic rings. The van der Waals surface area contributed by atoms with E-state index < -0.39 is 0 Å². The zero-order valence-corrected chi connectivity index (χ0v) is 12.3. The maximum absolute atomic E-state index is 6.01. The number of likely N-dealkylation sites (N-methyl/N-ethyl adjacent to an activating group) is 1. The van der Waals surface area contributed by atoms with E-state index in [2.05, 4.69) is 17.3 Å². The maximum atomic E-state index is 6.01.